The van der Waals surface area contributed by atoms with Crippen molar-refractivity contribution in [2.24, 2.45) is 0 Å². The van der Waals surface area contributed by atoms with E-state index in [0.29, 0.717) is 23.5 Å². The van der Waals surface area contributed by atoms with Crippen LogP contribution in [-0.2, 0) is 11.3 Å². The molecule has 2 heterocycles. The molecule has 0 aliphatic rings. The molecule has 34 heavy (non-hydrogen) atoms. The number of carboxylic acids is 1. The number of hydrogen-bond acceptors (Lipinski definition) is 5. The number of nitrogens with one attached hydrogen (secondary N) is 1. The Bertz CT molecular complexity index is 1390. The van der Waals surface area contributed by atoms with E-state index in [4.69, 9.17) is 5.11 Å². The number of carbonyl (C=O) groups excluding carboxylic acids is 1. The number of benzene rings is 2. The molecule has 0 aliphatic carbocycles. The molecule has 0 saturated heterocycles. The van der Waals surface area contributed by atoms with Gasteiger partial charge in [-0.1, -0.05) is 30.3 Å². The maximum absolute atomic E-state index is 12.8. The second kappa shape index (κ2) is 10.1. The summed E-state index contributed by atoms with van der Waals surface area (Å²) in [5, 5.41) is 26.0. The van der Waals surface area contributed by atoms with E-state index < -0.39 is 11.9 Å². The van der Waals surface area contributed by atoms with Crippen molar-refractivity contribution in [1.82, 2.24) is 14.8 Å². The standard InChI is InChI=1S/C26H19N5O3/c27-14-21(25(32)29-23-10-8-19(9-11-23)26(33)34)13-22-17-31(16-18-5-2-1-3-6-18)30-24(22)20-7-4-12-28-15-20/h1-13,15,17H,16H2,(H,29,32)(H,33,34)/b21-13-. The van der Waals surface area contributed by atoms with Crippen molar-refractivity contribution in [3.05, 3.63) is 108 Å². The van der Waals surface area contributed by atoms with Crippen molar-refractivity contribution in [1.29, 1.82) is 5.26 Å². The van der Waals surface area contributed by atoms with Gasteiger partial charge in [0.15, 0.2) is 0 Å². The molecule has 8 heteroatoms. The Kier molecular flexibility index (Phi) is 6.56. The predicted octanol–water partition coefficient (Wildman–Crippen LogP) is 4.24. The van der Waals surface area contributed by atoms with Crippen LogP contribution in [0.4, 0.5) is 5.69 Å². The van der Waals surface area contributed by atoms with E-state index in [1.807, 2.05) is 42.5 Å². The van der Waals surface area contributed by atoms with Crippen LogP contribution in [0.3, 0.4) is 0 Å². The van der Waals surface area contributed by atoms with Gasteiger partial charge < -0.3 is 10.4 Å². The molecule has 2 aromatic heterocycles. The van der Waals surface area contributed by atoms with Gasteiger partial charge in [-0.15, -0.1) is 0 Å². The Balaban J connectivity index is 1.65. The number of nitriles is 1. The first kappa shape index (κ1) is 22.2. The minimum Gasteiger partial charge on any atom is -0.478 e. The molecule has 4 rings (SSSR count). The molecular formula is C26H19N5O3. The van der Waals surface area contributed by atoms with Crippen molar-refractivity contribution in [3.63, 3.8) is 0 Å². The minimum atomic E-state index is -1.06. The van der Waals surface area contributed by atoms with Crippen LogP contribution in [0, 0.1) is 11.3 Å². The van der Waals surface area contributed by atoms with Crippen LogP contribution >= 0.6 is 0 Å². The molecule has 1 amide bonds. The zero-order valence-corrected chi connectivity index (χ0v) is 17.9. The van der Waals surface area contributed by atoms with E-state index in [9.17, 15) is 14.9 Å². The van der Waals surface area contributed by atoms with Crippen LogP contribution in [0.2, 0.25) is 0 Å². The Hall–Kier alpha value is -5.03. The Labute approximate surface area is 195 Å². The summed E-state index contributed by atoms with van der Waals surface area (Å²) in [4.78, 5) is 27.9. The number of aromatic nitrogens is 3. The summed E-state index contributed by atoms with van der Waals surface area (Å²) in [5.74, 6) is -1.68. The first-order valence-corrected chi connectivity index (χ1v) is 10.3. The molecule has 0 unspecified atom stereocenters. The summed E-state index contributed by atoms with van der Waals surface area (Å²) in [7, 11) is 0. The number of carboxylic acid groups (broad SMARTS) is 1. The summed E-state index contributed by atoms with van der Waals surface area (Å²) in [6.07, 6.45) is 6.59. The lowest BCUT2D eigenvalue weighted by Crippen LogP contribution is -2.13. The van der Waals surface area contributed by atoms with Crippen molar-refractivity contribution >= 4 is 23.6 Å². The number of pyridine rings is 1. The zero-order valence-electron chi connectivity index (χ0n) is 17.9. The molecule has 0 saturated carbocycles. The molecule has 166 valence electrons. The molecule has 0 bridgehead atoms. The smallest absolute Gasteiger partial charge is 0.335 e. The number of amides is 1. The third-order valence-corrected chi connectivity index (χ3v) is 4.97. The van der Waals surface area contributed by atoms with Gasteiger partial charge >= 0.3 is 5.97 Å². The summed E-state index contributed by atoms with van der Waals surface area (Å²) < 4.78 is 1.75. The van der Waals surface area contributed by atoms with E-state index >= 15 is 0 Å². The average molecular weight is 449 g/mol. The lowest BCUT2D eigenvalue weighted by molar-refractivity contribution is -0.112. The van der Waals surface area contributed by atoms with Crippen LogP contribution in [0.1, 0.15) is 21.5 Å². The third kappa shape index (κ3) is 5.23. The topological polar surface area (TPSA) is 121 Å². The Morgan fingerprint density at radius 3 is 2.47 bits per heavy atom. The quantitative estimate of drug-likeness (QED) is 0.322. The summed E-state index contributed by atoms with van der Waals surface area (Å²) in [6, 6.07) is 21.1. The van der Waals surface area contributed by atoms with Crippen LogP contribution < -0.4 is 5.32 Å². The fourth-order valence-electron chi connectivity index (χ4n) is 3.32. The molecule has 0 fully saturated rings. The first-order valence-electron chi connectivity index (χ1n) is 10.3. The number of anilines is 1. The first-order chi connectivity index (χ1) is 16.5. The van der Waals surface area contributed by atoms with E-state index in [0.717, 1.165) is 11.1 Å². The predicted molar refractivity (Wildman–Crippen MR) is 127 cm³/mol. The van der Waals surface area contributed by atoms with Gasteiger partial charge in [0.1, 0.15) is 17.3 Å². The molecule has 2 aromatic carbocycles. The van der Waals surface area contributed by atoms with Gasteiger partial charge in [0.2, 0.25) is 0 Å². The van der Waals surface area contributed by atoms with Crippen molar-refractivity contribution in [2.45, 2.75) is 6.54 Å². The van der Waals surface area contributed by atoms with E-state index in [2.05, 4.69) is 15.4 Å². The lowest BCUT2D eigenvalue weighted by atomic mass is 10.1. The SMILES string of the molecule is N#C/C(=C/c1cn(Cc2ccccc2)nc1-c1cccnc1)C(=O)Nc1ccc(C(=O)O)cc1. The summed E-state index contributed by atoms with van der Waals surface area (Å²) in [5.41, 5.74) is 3.35. The van der Waals surface area contributed by atoms with Crippen LogP contribution in [0.25, 0.3) is 17.3 Å². The number of carbonyl (C=O) groups is 2. The maximum Gasteiger partial charge on any atom is 0.335 e. The fourth-order valence-corrected chi connectivity index (χ4v) is 3.32. The van der Waals surface area contributed by atoms with Gasteiger partial charge in [-0.25, -0.2) is 4.79 Å². The van der Waals surface area contributed by atoms with Crippen molar-refractivity contribution < 1.29 is 14.7 Å². The molecule has 4 aromatic rings. The van der Waals surface area contributed by atoms with Crippen molar-refractivity contribution in [3.8, 4) is 17.3 Å². The van der Waals surface area contributed by atoms with Crippen LogP contribution in [0.5, 0.6) is 0 Å². The number of hydrogen-bond donors (Lipinski definition) is 2. The van der Waals surface area contributed by atoms with E-state index in [1.54, 1.807) is 29.3 Å². The molecule has 8 nitrogen and oxygen atoms in total. The monoisotopic (exact) mass is 449 g/mol. The fraction of sp³-hybridized carbons (Fsp3) is 0.0385. The second-order valence-corrected chi connectivity index (χ2v) is 7.36. The maximum atomic E-state index is 12.8. The van der Waals surface area contributed by atoms with Crippen LogP contribution in [0.15, 0.2) is 90.9 Å². The number of aromatic carboxylic acids is 1. The van der Waals surface area contributed by atoms with Gasteiger partial charge in [0.05, 0.1) is 12.1 Å². The lowest BCUT2D eigenvalue weighted by Gasteiger charge is -2.05. The minimum absolute atomic E-state index is 0.0981. The highest BCUT2D eigenvalue weighted by Gasteiger charge is 2.15. The second-order valence-electron chi connectivity index (χ2n) is 7.36. The molecule has 0 aliphatic heterocycles. The largest absolute Gasteiger partial charge is 0.478 e. The molecular weight excluding hydrogens is 430 g/mol. The third-order valence-electron chi connectivity index (χ3n) is 4.97. The van der Waals surface area contributed by atoms with Gasteiger partial charge in [-0.2, -0.15) is 10.4 Å². The normalized spacial score (nSPS) is 11.0. The number of nitrogens with zero attached hydrogens (tertiary/aromatic N) is 4. The highest BCUT2D eigenvalue weighted by atomic mass is 16.4. The summed E-state index contributed by atoms with van der Waals surface area (Å²) >= 11 is 0. The van der Waals surface area contributed by atoms with Crippen molar-refractivity contribution in [2.75, 3.05) is 5.32 Å². The molecule has 0 atom stereocenters. The van der Waals surface area contributed by atoms with Gasteiger partial charge in [-0.05, 0) is 48.0 Å². The molecule has 0 spiro atoms. The zero-order chi connectivity index (χ0) is 23.9. The van der Waals surface area contributed by atoms with E-state index in [1.165, 1.54) is 30.3 Å². The molecule has 0 radical (unpaired) electrons. The Morgan fingerprint density at radius 1 is 1.06 bits per heavy atom. The van der Waals surface area contributed by atoms with E-state index in [-0.39, 0.29) is 11.1 Å². The Morgan fingerprint density at radius 2 is 1.82 bits per heavy atom. The average Bonchev–Trinajstić information content (AvgIpc) is 3.26. The van der Waals surface area contributed by atoms with Gasteiger partial charge in [-0.3, -0.25) is 14.5 Å². The van der Waals surface area contributed by atoms with Crippen LogP contribution in [-0.4, -0.2) is 31.7 Å². The van der Waals surface area contributed by atoms with Gasteiger partial charge in [0, 0.05) is 35.4 Å². The summed E-state index contributed by atoms with van der Waals surface area (Å²) in [6.45, 7) is 0.520. The highest BCUT2D eigenvalue weighted by molar-refractivity contribution is 6.10. The van der Waals surface area contributed by atoms with Gasteiger partial charge in [0.25, 0.3) is 5.91 Å². The molecule has 2 N–H and O–H groups in total. The highest BCUT2D eigenvalue weighted by Crippen LogP contribution is 2.24. The number of rotatable bonds is 7.